The summed E-state index contributed by atoms with van der Waals surface area (Å²) >= 11 is 7.16. The van der Waals surface area contributed by atoms with Crippen molar-refractivity contribution in [3.63, 3.8) is 0 Å². The van der Waals surface area contributed by atoms with E-state index in [1.54, 1.807) is 11.3 Å². The molecule has 0 saturated heterocycles. The molecule has 1 nitrogen and oxygen atoms in total. The van der Waals surface area contributed by atoms with Crippen LogP contribution in [0.15, 0.2) is 36.4 Å². The van der Waals surface area contributed by atoms with Crippen molar-refractivity contribution in [1.82, 2.24) is 4.57 Å². The highest BCUT2D eigenvalue weighted by molar-refractivity contribution is 7.73. The van der Waals surface area contributed by atoms with Crippen LogP contribution in [0.5, 0.6) is 0 Å². The van der Waals surface area contributed by atoms with Crippen molar-refractivity contribution in [3.05, 3.63) is 56.5 Å². The van der Waals surface area contributed by atoms with Gasteiger partial charge < -0.3 is 0 Å². The van der Waals surface area contributed by atoms with Crippen LogP contribution in [-0.4, -0.2) is 4.57 Å². The third-order valence-corrected chi connectivity index (χ3v) is 4.34. The zero-order valence-electron chi connectivity index (χ0n) is 10.1. The molecular weight excluding hydrogens is 258 g/mol. The summed E-state index contributed by atoms with van der Waals surface area (Å²) in [5, 5.41) is 0. The second-order valence-corrected chi connectivity index (χ2v) is 6.00. The predicted molar refractivity (Wildman–Crippen MR) is 81.9 cm³/mol. The minimum atomic E-state index is 0.903. The van der Waals surface area contributed by atoms with Gasteiger partial charge in [-0.05, 0) is 49.8 Å². The SMILES string of the molecule is Cc1ccc(-n2c3c(sc2=S)C=CCC=C3)cc1. The average Bonchev–Trinajstić information content (AvgIpc) is 2.54. The maximum Gasteiger partial charge on any atom is 0.166 e. The predicted octanol–water partition coefficient (Wildman–Crippen LogP) is 5.01. The summed E-state index contributed by atoms with van der Waals surface area (Å²) in [6.45, 7) is 2.10. The van der Waals surface area contributed by atoms with Crippen molar-refractivity contribution < 1.29 is 0 Å². The summed E-state index contributed by atoms with van der Waals surface area (Å²) in [6, 6.07) is 8.50. The van der Waals surface area contributed by atoms with Crippen LogP contribution in [0.3, 0.4) is 0 Å². The van der Waals surface area contributed by atoms with E-state index in [2.05, 4.69) is 60.1 Å². The molecule has 1 aliphatic carbocycles. The van der Waals surface area contributed by atoms with Gasteiger partial charge in [-0.2, -0.15) is 0 Å². The largest absolute Gasteiger partial charge is 0.291 e. The zero-order valence-corrected chi connectivity index (χ0v) is 11.7. The van der Waals surface area contributed by atoms with E-state index in [1.807, 2.05) is 0 Å². The minimum absolute atomic E-state index is 0.903. The van der Waals surface area contributed by atoms with Gasteiger partial charge in [0, 0.05) is 5.69 Å². The summed E-state index contributed by atoms with van der Waals surface area (Å²) in [4.78, 5) is 1.24. The van der Waals surface area contributed by atoms with Crippen LogP contribution in [0.2, 0.25) is 0 Å². The standard InChI is InChI=1S/C15H13NS2/c1-11-7-9-12(10-8-11)16-13-5-3-2-4-6-14(13)18-15(16)17/h3-10H,2H2,1H3. The van der Waals surface area contributed by atoms with Crippen LogP contribution in [0.25, 0.3) is 17.8 Å². The molecule has 0 N–H and O–H groups in total. The Labute approximate surface area is 116 Å². The van der Waals surface area contributed by atoms with Crippen LogP contribution in [-0.2, 0) is 0 Å². The van der Waals surface area contributed by atoms with Gasteiger partial charge in [-0.3, -0.25) is 4.57 Å². The normalized spacial score (nSPS) is 13.4. The maximum absolute atomic E-state index is 5.49. The first kappa shape index (κ1) is 11.6. The Morgan fingerprint density at radius 1 is 1.11 bits per heavy atom. The number of aryl methyl sites for hydroxylation is 1. The van der Waals surface area contributed by atoms with Gasteiger partial charge in [0.05, 0.1) is 10.6 Å². The van der Waals surface area contributed by atoms with E-state index in [1.165, 1.54) is 16.1 Å². The van der Waals surface area contributed by atoms with E-state index in [0.29, 0.717) is 0 Å². The van der Waals surface area contributed by atoms with Gasteiger partial charge in [0.15, 0.2) is 3.95 Å². The number of aromatic nitrogens is 1. The number of rotatable bonds is 1. The van der Waals surface area contributed by atoms with Crippen molar-refractivity contribution >= 4 is 35.7 Å². The Morgan fingerprint density at radius 2 is 1.83 bits per heavy atom. The number of nitrogens with zero attached hydrogens (tertiary/aromatic N) is 1. The lowest BCUT2D eigenvalue weighted by Crippen LogP contribution is -1.96. The highest BCUT2D eigenvalue weighted by Gasteiger charge is 2.11. The van der Waals surface area contributed by atoms with Crippen LogP contribution in [0.1, 0.15) is 22.6 Å². The quantitative estimate of drug-likeness (QED) is 0.660. The summed E-state index contributed by atoms with van der Waals surface area (Å²) in [5.74, 6) is 0. The third-order valence-electron chi connectivity index (χ3n) is 2.98. The van der Waals surface area contributed by atoms with Gasteiger partial charge in [-0.25, -0.2) is 0 Å². The number of thiazole rings is 1. The molecule has 0 spiro atoms. The van der Waals surface area contributed by atoms with Gasteiger partial charge in [-0.15, -0.1) is 11.3 Å². The van der Waals surface area contributed by atoms with E-state index >= 15 is 0 Å². The molecule has 90 valence electrons. The molecule has 1 aromatic carbocycles. The minimum Gasteiger partial charge on any atom is -0.291 e. The summed E-state index contributed by atoms with van der Waals surface area (Å²) in [5.41, 5.74) is 3.60. The molecule has 0 bridgehead atoms. The second kappa shape index (κ2) is 4.67. The number of hydrogen-bond donors (Lipinski definition) is 0. The summed E-state index contributed by atoms with van der Waals surface area (Å²) in [6.07, 6.45) is 9.67. The van der Waals surface area contributed by atoms with Gasteiger partial charge in [-0.1, -0.05) is 29.8 Å². The third kappa shape index (κ3) is 2.00. The number of benzene rings is 1. The molecule has 0 aliphatic heterocycles. The Kier molecular flexibility index (Phi) is 3.02. The molecule has 1 aliphatic rings. The lowest BCUT2D eigenvalue weighted by molar-refractivity contribution is 1.05. The Bertz CT molecular complexity index is 684. The van der Waals surface area contributed by atoms with Crippen LogP contribution < -0.4 is 0 Å². The average molecular weight is 271 g/mol. The molecule has 2 aromatic rings. The van der Waals surface area contributed by atoms with Crippen molar-refractivity contribution in [2.24, 2.45) is 0 Å². The lowest BCUT2D eigenvalue weighted by atomic mass is 10.2. The van der Waals surface area contributed by atoms with E-state index in [-0.39, 0.29) is 0 Å². The van der Waals surface area contributed by atoms with Gasteiger partial charge in [0.2, 0.25) is 0 Å². The molecule has 1 heterocycles. The first-order valence-corrected chi connectivity index (χ1v) is 7.14. The fourth-order valence-electron chi connectivity index (χ4n) is 2.05. The lowest BCUT2D eigenvalue weighted by Gasteiger charge is -2.06. The molecule has 3 rings (SSSR count). The summed E-state index contributed by atoms with van der Waals surface area (Å²) < 4.78 is 3.06. The van der Waals surface area contributed by atoms with Gasteiger partial charge >= 0.3 is 0 Å². The Balaban J connectivity index is 2.24. The molecule has 0 atom stereocenters. The highest BCUT2D eigenvalue weighted by Crippen LogP contribution is 2.28. The molecule has 18 heavy (non-hydrogen) atoms. The molecule has 0 unspecified atom stereocenters. The molecule has 3 heteroatoms. The summed E-state index contributed by atoms with van der Waals surface area (Å²) in [7, 11) is 0. The fraction of sp³-hybridized carbons (Fsp3) is 0.133. The Hall–Kier alpha value is -1.45. The molecule has 0 fully saturated rings. The molecule has 0 amide bonds. The molecule has 1 aromatic heterocycles. The fourth-order valence-corrected chi connectivity index (χ4v) is 3.43. The van der Waals surface area contributed by atoms with E-state index in [0.717, 1.165) is 16.1 Å². The smallest absolute Gasteiger partial charge is 0.166 e. The van der Waals surface area contributed by atoms with Crippen LogP contribution in [0.4, 0.5) is 0 Å². The van der Waals surface area contributed by atoms with Gasteiger partial charge in [0.25, 0.3) is 0 Å². The van der Waals surface area contributed by atoms with Crippen molar-refractivity contribution in [1.29, 1.82) is 0 Å². The van der Waals surface area contributed by atoms with Crippen molar-refractivity contribution in [2.45, 2.75) is 13.3 Å². The van der Waals surface area contributed by atoms with E-state index < -0.39 is 0 Å². The number of fused-ring (bicyclic) bond motifs is 1. The first-order chi connectivity index (χ1) is 8.75. The Morgan fingerprint density at radius 3 is 2.61 bits per heavy atom. The van der Waals surface area contributed by atoms with Crippen molar-refractivity contribution in [3.8, 4) is 5.69 Å². The maximum atomic E-state index is 5.49. The first-order valence-electron chi connectivity index (χ1n) is 5.92. The topological polar surface area (TPSA) is 4.93 Å². The van der Waals surface area contributed by atoms with E-state index in [9.17, 15) is 0 Å². The molecule has 0 saturated carbocycles. The number of hydrogen-bond acceptors (Lipinski definition) is 2. The zero-order chi connectivity index (χ0) is 12.5. The highest BCUT2D eigenvalue weighted by atomic mass is 32.1. The van der Waals surface area contributed by atoms with Crippen molar-refractivity contribution in [2.75, 3.05) is 0 Å². The molecular formula is C15H13NS2. The van der Waals surface area contributed by atoms with Crippen LogP contribution >= 0.6 is 23.6 Å². The second-order valence-electron chi connectivity index (χ2n) is 4.33. The van der Waals surface area contributed by atoms with Crippen LogP contribution in [0, 0.1) is 10.9 Å². The number of allylic oxidation sites excluding steroid dienone is 2. The van der Waals surface area contributed by atoms with E-state index in [4.69, 9.17) is 12.2 Å². The monoisotopic (exact) mass is 271 g/mol. The molecule has 0 radical (unpaired) electrons. The van der Waals surface area contributed by atoms with Gasteiger partial charge in [0.1, 0.15) is 0 Å².